The van der Waals surface area contributed by atoms with E-state index in [-0.39, 0.29) is 0 Å². The summed E-state index contributed by atoms with van der Waals surface area (Å²) in [6.07, 6.45) is 0. The molecular formula is C45H27N3O2. The summed E-state index contributed by atoms with van der Waals surface area (Å²) in [6, 6.07) is 55.7. The Morgan fingerprint density at radius 2 is 0.840 bits per heavy atom. The van der Waals surface area contributed by atoms with E-state index in [9.17, 15) is 0 Å². The summed E-state index contributed by atoms with van der Waals surface area (Å²) in [5.74, 6) is 1.82. The van der Waals surface area contributed by atoms with Crippen molar-refractivity contribution in [3.05, 3.63) is 164 Å². The molecule has 0 fully saturated rings. The molecule has 0 saturated carbocycles. The largest absolute Gasteiger partial charge is 0.456 e. The standard InChI is InChI=1S/C45H27N3O2/c1-3-11-28(12-4-1)29-21-23-31(24-22-29)44-46-43(30-13-5-2-6-14-30)47-45(48-44)32-25-26-39-37(27-32)41-34(16-10-20-40(41)49-39)36-18-9-17-35-33-15-7-8-19-38(33)50-42(35)36/h1-27H. The highest BCUT2D eigenvalue weighted by Crippen LogP contribution is 2.42. The number of aromatic nitrogens is 3. The van der Waals surface area contributed by atoms with Gasteiger partial charge in [0.25, 0.3) is 0 Å². The summed E-state index contributed by atoms with van der Waals surface area (Å²) in [5, 5.41) is 4.19. The summed E-state index contributed by atoms with van der Waals surface area (Å²) in [4.78, 5) is 15.0. The molecule has 5 nitrogen and oxygen atoms in total. The van der Waals surface area contributed by atoms with Gasteiger partial charge in [-0.3, -0.25) is 0 Å². The third kappa shape index (κ3) is 4.67. The van der Waals surface area contributed by atoms with Crippen LogP contribution in [0, 0.1) is 0 Å². The molecule has 0 atom stereocenters. The fourth-order valence-corrected chi connectivity index (χ4v) is 6.94. The molecule has 0 unspecified atom stereocenters. The topological polar surface area (TPSA) is 65.0 Å². The molecule has 10 aromatic rings. The van der Waals surface area contributed by atoms with Gasteiger partial charge in [-0.05, 0) is 47.0 Å². The lowest BCUT2D eigenvalue weighted by atomic mass is 9.97. The molecule has 10 rings (SSSR count). The maximum absolute atomic E-state index is 6.45. The number of benzene rings is 7. The predicted octanol–water partition coefficient (Wildman–Crippen LogP) is 12.0. The second-order valence-corrected chi connectivity index (χ2v) is 12.4. The Hall–Kier alpha value is -6.85. The third-order valence-corrected chi connectivity index (χ3v) is 9.37. The van der Waals surface area contributed by atoms with E-state index in [4.69, 9.17) is 23.8 Å². The van der Waals surface area contributed by atoms with Crippen molar-refractivity contribution in [2.45, 2.75) is 0 Å². The van der Waals surface area contributed by atoms with Gasteiger partial charge in [-0.25, -0.2) is 15.0 Å². The SMILES string of the molecule is c1ccc(-c2ccc(-c3nc(-c4ccccc4)nc(-c4ccc5oc6cccc(-c7cccc8c7oc7ccccc78)c6c5c4)n3)cc2)cc1. The highest BCUT2D eigenvalue weighted by Gasteiger charge is 2.19. The van der Waals surface area contributed by atoms with E-state index in [1.807, 2.05) is 78.9 Å². The van der Waals surface area contributed by atoms with Crippen molar-refractivity contribution in [1.82, 2.24) is 15.0 Å². The van der Waals surface area contributed by atoms with Gasteiger partial charge < -0.3 is 8.83 Å². The van der Waals surface area contributed by atoms with E-state index >= 15 is 0 Å². The van der Waals surface area contributed by atoms with E-state index in [1.165, 1.54) is 0 Å². The van der Waals surface area contributed by atoms with Crippen LogP contribution in [0.25, 0.3) is 100 Å². The Kier molecular flexibility index (Phi) is 6.42. The van der Waals surface area contributed by atoms with Crippen molar-refractivity contribution < 1.29 is 8.83 Å². The number of para-hydroxylation sites is 2. The van der Waals surface area contributed by atoms with E-state index < -0.39 is 0 Å². The van der Waals surface area contributed by atoms with Crippen molar-refractivity contribution in [2.75, 3.05) is 0 Å². The number of rotatable bonds is 5. The second kappa shape index (κ2) is 11.4. The fourth-order valence-electron chi connectivity index (χ4n) is 6.94. The Morgan fingerprint density at radius 1 is 0.320 bits per heavy atom. The average Bonchev–Trinajstić information content (AvgIpc) is 3.77. The first-order chi connectivity index (χ1) is 24.8. The molecule has 0 spiro atoms. The number of hydrogen-bond donors (Lipinski definition) is 0. The molecule has 5 heteroatoms. The summed E-state index contributed by atoms with van der Waals surface area (Å²) in [6.45, 7) is 0. The summed E-state index contributed by atoms with van der Waals surface area (Å²) < 4.78 is 12.9. The molecule has 0 amide bonds. The number of fused-ring (bicyclic) bond motifs is 6. The molecule has 50 heavy (non-hydrogen) atoms. The van der Waals surface area contributed by atoms with Crippen LogP contribution in [0.3, 0.4) is 0 Å². The molecule has 0 saturated heterocycles. The quantitative estimate of drug-likeness (QED) is 0.187. The van der Waals surface area contributed by atoms with Gasteiger partial charge >= 0.3 is 0 Å². The Balaban J connectivity index is 1.15. The van der Waals surface area contributed by atoms with Crippen molar-refractivity contribution in [1.29, 1.82) is 0 Å². The number of nitrogens with zero attached hydrogens (tertiary/aromatic N) is 3. The molecule has 3 heterocycles. The van der Waals surface area contributed by atoms with Gasteiger partial charge in [0.15, 0.2) is 17.5 Å². The minimum atomic E-state index is 0.592. The van der Waals surface area contributed by atoms with E-state index in [2.05, 4.69) is 84.9 Å². The summed E-state index contributed by atoms with van der Waals surface area (Å²) >= 11 is 0. The monoisotopic (exact) mass is 641 g/mol. The average molecular weight is 642 g/mol. The second-order valence-electron chi connectivity index (χ2n) is 12.4. The van der Waals surface area contributed by atoms with Crippen LogP contribution in [0.15, 0.2) is 173 Å². The van der Waals surface area contributed by atoms with Crippen LogP contribution in [-0.2, 0) is 0 Å². The lowest BCUT2D eigenvalue weighted by Gasteiger charge is -2.09. The van der Waals surface area contributed by atoms with Crippen LogP contribution >= 0.6 is 0 Å². The minimum absolute atomic E-state index is 0.592. The van der Waals surface area contributed by atoms with E-state index in [0.29, 0.717) is 17.5 Å². The lowest BCUT2D eigenvalue weighted by Crippen LogP contribution is -2.00. The maximum Gasteiger partial charge on any atom is 0.164 e. The van der Waals surface area contributed by atoms with Crippen molar-refractivity contribution >= 4 is 43.9 Å². The predicted molar refractivity (Wildman–Crippen MR) is 202 cm³/mol. The Morgan fingerprint density at radius 3 is 1.62 bits per heavy atom. The van der Waals surface area contributed by atoms with Gasteiger partial charge in [0, 0.05) is 43.8 Å². The van der Waals surface area contributed by atoms with Crippen molar-refractivity contribution in [3.8, 4) is 56.4 Å². The van der Waals surface area contributed by atoms with Crippen LogP contribution in [0.2, 0.25) is 0 Å². The van der Waals surface area contributed by atoms with E-state index in [0.717, 1.165) is 82.8 Å². The molecular weight excluding hydrogens is 615 g/mol. The van der Waals surface area contributed by atoms with Gasteiger partial charge in [-0.1, -0.05) is 133 Å². The zero-order valence-corrected chi connectivity index (χ0v) is 26.7. The molecule has 0 N–H and O–H groups in total. The van der Waals surface area contributed by atoms with Crippen LogP contribution in [-0.4, -0.2) is 15.0 Å². The van der Waals surface area contributed by atoms with Gasteiger partial charge in [0.1, 0.15) is 22.3 Å². The third-order valence-electron chi connectivity index (χ3n) is 9.37. The normalized spacial score (nSPS) is 11.6. The molecule has 0 aliphatic heterocycles. The van der Waals surface area contributed by atoms with Crippen molar-refractivity contribution in [2.24, 2.45) is 0 Å². The highest BCUT2D eigenvalue weighted by atomic mass is 16.3. The molecule has 234 valence electrons. The van der Waals surface area contributed by atoms with Crippen LogP contribution in [0.1, 0.15) is 0 Å². The van der Waals surface area contributed by atoms with Crippen molar-refractivity contribution in [3.63, 3.8) is 0 Å². The molecule has 7 aromatic carbocycles. The molecule has 0 radical (unpaired) electrons. The van der Waals surface area contributed by atoms with E-state index in [1.54, 1.807) is 0 Å². The van der Waals surface area contributed by atoms with Gasteiger partial charge in [0.2, 0.25) is 0 Å². The van der Waals surface area contributed by atoms with Gasteiger partial charge in [-0.15, -0.1) is 0 Å². The molecule has 0 bridgehead atoms. The minimum Gasteiger partial charge on any atom is -0.456 e. The number of hydrogen-bond acceptors (Lipinski definition) is 5. The Labute approximate surface area is 287 Å². The first-order valence-corrected chi connectivity index (χ1v) is 16.6. The summed E-state index contributed by atoms with van der Waals surface area (Å²) in [5.41, 5.74) is 10.4. The molecule has 0 aliphatic rings. The zero-order chi connectivity index (χ0) is 33.0. The van der Waals surface area contributed by atoms with Crippen LogP contribution in [0.4, 0.5) is 0 Å². The summed E-state index contributed by atoms with van der Waals surface area (Å²) in [7, 11) is 0. The lowest BCUT2D eigenvalue weighted by molar-refractivity contribution is 0.668. The zero-order valence-electron chi connectivity index (χ0n) is 26.7. The van der Waals surface area contributed by atoms with Gasteiger partial charge in [-0.2, -0.15) is 0 Å². The number of furan rings is 2. The van der Waals surface area contributed by atoms with Crippen LogP contribution in [0.5, 0.6) is 0 Å². The Bertz CT molecular complexity index is 2850. The maximum atomic E-state index is 6.45. The first-order valence-electron chi connectivity index (χ1n) is 16.6. The van der Waals surface area contributed by atoms with Crippen LogP contribution < -0.4 is 0 Å². The fraction of sp³-hybridized carbons (Fsp3) is 0. The van der Waals surface area contributed by atoms with Gasteiger partial charge in [0.05, 0.1) is 0 Å². The molecule has 0 aliphatic carbocycles. The molecule has 3 aromatic heterocycles. The smallest absolute Gasteiger partial charge is 0.164 e. The first kappa shape index (κ1) is 28.2. The highest BCUT2D eigenvalue weighted by molar-refractivity contribution is 6.17.